The Morgan fingerprint density at radius 2 is 2.20 bits per heavy atom. The first-order chi connectivity index (χ1) is 7.33. The SMILES string of the molecule is Cn1cccc1[C@H](CF)N1CCNCC1. The molecular weight excluding hydrogens is 193 g/mol. The molecule has 1 aromatic heterocycles. The Kier molecular flexibility index (Phi) is 3.38. The van der Waals surface area contributed by atoms with Gasteiger partial charge in [-0.15, -0.1) is 0 Å². The van der Waals surface area contributed by atoms with Gasteiger partial charge >= 0.3 is 0 Å². The molecule has 1 aliphatic rings. The maximum atomic E-state index is 13.1. The Bertz CT molecular complexity index is 305. The monoisotopic (exact) mass is 211 g/mol. The third-order valence-corrected chi connectivity index (χ3v) is 3.06. The zero-order valence-electron chi connectivity index (χ0n) is 9.12. The minimum absolute atomic E-state index is 0.0768. The molecule has 0 unspecified atom stereocenters. The Morgan fingerprint density at radius 1 is 1.47 bits per heavy atom. The van der Waals surface area contributed by atoms with Gasteiger partial charge < -0.3 is 9.88 Å². The number of alkyl halides is 1. The van der Waals surface area contributed by atoms with Crippen LogP contribution in [0.4, 0.5) is 4.39 Å². The van der Waals surface area contributed by atoms with E-state index in [4.69, 9.17) is 0 Å². The molecule has 1 aliphatic heterocycles. The summed E-state index contributed by atoms with van der Waals surface area (Å²) in [5.74, 6) is 0. The van der Waals surface area contributed by atoms with E-state index in [1.54, 1.807) is 0 Å². The van der Waals surface area contributed by atoms with Gasteiger partial charge in [0, 0.05) is 45.1 Å². The van der Waals surface area contributed by atoms with Crippen molar-refractivity contribution in [1.29, 1.82) is 0 Å². The quantitative estimate of drug-likeness (QED) is 0.803. The van der Waals surface area contributed by atoms with E-state index in [0.29, 0.717) is 0 Å². The third-order valence-electron chi connectivity index (χ3n) is 3.06. The van der Waals surface area contributed by atoms with Crippen LogP contribution >= 0.6 is 0 Å². The van der Waals surface area contributed by atoms with Crippen LogP contribution in [0, 0.1) is 0 Å². The van der Waals surface area contributed by atoms with E-state index >= 15 is 0 Å². The number of nitrogens with zero attached hydrogens (tertiary/aromatic N) is 2. The summed E-state index contributed by atoms with van der Waals surface area (Å²) in [4.78, 5) is 2.21. The van der Waals surface area contributed by atoms with Gasteiger partial charge in [0.2, 0.25) is 0 Å². The number of nitrogens with one attached hydrogen (secondary N) is 1. The van der Waals surface area contributed by atoms with E-state index < -0.39 is 0 Å². The number of halogens is 1. The fourth-order valence-electron chi connectivity index (χ4n) is 2.18. The summed E-state index contributed by atoms with van der Waals surface area (Å²) in [7, 11) is 1.97. The van der Waals surface area contributed by atoms with E-state index in [1.165, 1.54) is 0 Å². The molecule has 3 nitrogen and oxygen atoms in total. The van der Waals surface area contributed by atoms with Crippen LogP contribution in [0.2, 0.25) is 0 Å². The number of piperazine rings is 1. The van der Waals surface area contributed by atoms with Gasteiger partial charge in [0.05, 0.1) is 6.04 Å². The fraction of sp³-hybridized carbons (Fsp3) is 0.636. The Hall–Kier alpha value is -0.870. The zero-order chi connectivity index (χ0) is 10.7. The van der Waals surface area contributed by atoms with Gasteiger partial charge in [-0.1, -0.05) is 0 Å². The Balaban J connectivity index is 2.12. The first kappa shape index (κ1) is 10.6. The van der Waals surface area contributed by atoms with E-state index in [2.05, 4.69) is 10.2 Å². The highest BCUT2D eigenvalue weighted by molar-refractivity contribution is 5.12. The predicted molar refractivity (Wildman–Crippen MR) is 58.6 cm³/mol. The van der Waals surface area contributed by atoms with Crippen molar-refractivity contribution < 1.29 is 4.39 Å². The van der Waals surface area contributed by atoms with Crippen LogP contribution in [0.15, 0.2) is 18.3 Å². The molecule has 0 spiro atoms. The van der Waals surface area contributed by atoms with Crippen molar-refractivity contribution in [3.05, 3.63) is 24.0 Å². The second-order valence-corrected chi connectivity index (χ2v) is 4.00. The summed E-state index contributed by atoms with van der Waals surface area (Å²) in [6, 6.07) is 3.90. The second kappa shape index (κ2) is 4.77. The smallest absolute Gasteiger partial charge is 0.111 e. The lowest BCUT2D eigenvalue weighted by atomic mass is 10.1. The van der Waals surface area contributed by atoms with Crippen molar-refractivity contribution in [3.63, 3.8) is 0 Å². The molecule has 0 bridgehead atoms. The largest absolute Gasteiger partial charge is 0.353 e. The maximum absolute atomic E-state index is 13.1. The van der Waals surface area contributed by atoms with Gasteiger partial charge in [-0.2, -0.15) is 0 Å². The highest BCUT2D eigenvalue weighted by atomic mass is 19.1. The molecule has 0 radical (unpaired) electrons. The molecule has 1 fully saturated rings. The molecule has 0 saturated carbocycles. The van der Waals surface area contributed by atoms with Crippen LogP contribution in [0.1, 0.15) is 11.7 Å². The normalized spacial score (nSPS) is 20.4. The lowest BCUT2D eigenvalue weighted by molar-refractivity contribution is 0.142. The average Bonchev–Trinajstić information content (AvgIpc) is 2.68. The van der Waals surface area contributed by atoms with Crippen LogP contribution in [-0.2, 0) is 7.05 Å². The van der Waals surface area contributed by atoms with Gasteiger partial charge in [0.15, 0.2) is 0 Å². The Labute approximate surface area is 89.9 Å². The number of hydrogen-bond acceptors (Lipinski definition) is 2. The first-order valence-corrected chi connectivity index (χ1v) is 5.45. The summed E-state index contributed by atoms with van der Waals surface area (Å²) in [6.45, 7) is 3.47. The van der Waals surface area contributed by atoms with Crippen molar-refractivity contribution in [3.8, 4) is 0 Å². The van der Waals surface area contributed by atoms with E-state index in [1.807, 2.05) is 29.9 Å². The summed E-state index contributed by atoms with van der Waals surface area (Å²) in [5.41, 5.74) is 1.07. The minimum Gasteiger partial charge on any atom is -0.353 e. The average molecular weight is 211 g/mol. The molecule has 0 aromatic carbocycles. The number of rotatable bonds is 3. The topological polar surface area (TPSA) is 20.2 Å². The summed E-state index contributed by atoms with van der Waals surface area (Å²) in [5, 5.41) is 3.28. The molecule has 1 atom stereocenters. The summed E-state index contributed by atoms with van der Waals surface area (Å²) in [6.07, 6.45) is 1.97. The number of hydrogen-bond donors (Lipinski definition) is 1. The van der Waals surface area contributed by atoms with Crippen molar-refractivity contribution in [1.82, 2.24) is 14.8 Å². The van der Waals surface area contributed by atoms with E-state index in [-0.39, 0.29) is 12.7 Å². The lowest BCUT2D eigenvalue weighted by Crippen LogP contribution is -2.46. The van der Waals surface area contributed by atoms with Crippen molar-refractivity contribution in [2.24, 2.45) is 7.05 Å². The van der Waals surface area contributed by atoms with Crippen molar-refractivity contribution >= 4 is 0 Å². The molecule has 0 amide bonds. The molecule has 1 saturated heterocycles. The lowest BCUT2D eigenvalue weighted by Gasteiger charge is -2.33. The Morgan fingerprint density at radius 3 is 2.73 bits per heavy atom. The van der Waals surface area contributed by atoms with Gasteiger partial charge in [-0.25, -0.2) is 4.39 Å². The highest BCUT2D eigenvalue weighted by Crippen LogP contribution is 2.21. The van der Waals surface area contributed by atoms with Gasteiger partial charge in [-0.05, 0) is 12.1 Å². The predicted octanol–water partition coefficient (Wildman–Crippen LogP) is 0.941. The summed E-state index contributed by atoms with van der Waals surface area (Å²) < 4.78 is 15.1. The second-order valence-electron chi connectivity index (χ2n) is 4.00. The molecule has 2 rings (SSSR count). The molecule has 0 aliphatic carbocycles. The van der Waals surface area contributed by atoms with E-state index in [9.17, 15) is 4.39 Å². The van der Waals surface area contributed by atoms with Crippen LogP contribution in [0.25, 0.3) is 0 Å². The molecule has 15 heavy (non-hydrogen) atoms. The summed E-state index contributed by atoms with van der Waals surface area (Å²) >= 11 is 0. The van der Waals surface area contributed by atoms with Gasteiger partial charge in [-0.3, -0.25) is 4.90 Å². The van der Waals surface area contributed by atoms with Crippen LogP contribution in [0.3, 0.4) is 0 Å². The van der Waals surface area contributed by atoms with Crippen LogP contribution in [0.5, 0.6) is 0 Å². The first-order valence-electron chi connectivity index (χ1n) is 5.45. The number of aromatic nitrogens is 1. The van der Waals surface area contributed by atoms with Gasteiger partial charge in [0.25, 0.3) is 0 Å². The molecule has 4 heteroatoms. The molecule has 2 heterocycles. The molecule has 1 aromatic rings. The molecule has 84 valence electrons. The zero-order valence-corrected chi connectivity index (χ0v) is 9.12. The van der Waals surface area contributed by atoms with Crippen LogP contribution in [-0.4, -0.2) is 42.3 Å². The highest BCUT2D eigenvalue weighted by Gasteiger charge is 2.23. The van der Waals surface area contributed by atoms with Crippen molar-refractivity contribution in [2.45, 2.75) is 6.04 Å². The third kappa shape index (κ3) is 2.21. The fourth-order valence-corrected chi connectivity index (χ4v) is 2.18. The molecular formula is C11H18FN3. The van der Waals surface area contributed by atoms with E-state index in [0.717, 1.165) is 31.9 Å². The maximum Gasteiger partial charge on any atom is 0.111 e. The van der Waals surface area contributed by atoms with Crippen LogP contribution < -0.4 is 5.32 Å². The van der Waals surface area contributed by atoms with Crippen molar-refractivity contribution in [2.75, 3.05) is 32.9 Å². The number of aryl methyl sites for hydroxylation is 1. The molecule has 1 N–H and O–H groups in total. The van der Waals surface area contributed by atoms with Gasteiger partial charge in [0.1, 0.15) is 6.67 Å². The minimum atomic E-state index is -0.308. The standard InChI is InChI=1S/C11H18FN3/c1-14-6-2-3-10(14)11(9-12)15-7-4-13-5-8-15/h2-3,6,11,13H,4-5,7-9H2,1H3/t11-/m0/s1.